The quantitative estimate of drug-likeness (QED) is 0.717. The summed E-state index contributed by atoms with van der Waals surface area (Å²) in [6.07, 6.45) is 4.22. The van der Waals surface area contributed by atoms with Gasteiger partial charge in [0.1, 0.15) is 6.10 Å². The van der Waals surface area contributed by atoms with Crippen LogP contribution in [0.5, 0.6) is 0 Å². The van der Waals surface area contributed by atoms with Gasteiger partial charge in [-0.05, 0) is 26.3 Å². The third-order valence-corrected chi connectivity index (χ3v) is 2.58. The summed E-state index contributed by atoms with van der Waals surface area (Å²) in [5, 5.41) is 4.11. The highest BCUT2D eigenvalue weighted by atomic mass is 16.5. The maximum absolute atomic E-state index is 11.8. The van der Waals surface area contributed by atoms with Crippen LogP contribution in [0.3, 0.4) is 0 Å². The Morgan fingerprint density at radius 3 is 2.94 bits per heavy atom. The molecule has 1 aromatic rings. The van der Waals surface area contributed by atoms with Crippen LogP contribution in [0.4, 0.5) is 0 Å². The molecule has 5 heteroatoms. The minimum atomic E-state index is -0.352. The van der Waals surface area contributed by atoms with E-state index in [1.165, 1.54) is 0 Å². The normalized spacial score (nSPS) is 12.4. The zero-order chi connectivity index (χ0) is 12.7. The Bertz CT molecular complexity index is 325. The molecular formula is C12H21N3O2. The topological polar surface area (TPSA) is 47.4 Å². The molecule has 0 radical (unpaired) electrons. The number of ether oxygens (including phenoxy) is 1. The second-order valence-electron chi connectivity index (χ2n) is 3.98. The molecule has 1 aromatic heterocycles. The van der Waals surface area contributed by atoms with Crippen LogP contribution < -0.4 is 0 Å². The first-order valence-corrected chi connectivity index (χ1v) is 5.99. The van der Waals surface area contributed by atoms with E-state index in [0.29, 0.717) is 6.61 Å². The van der Waals surface area contributed by atoms with Crippen molar-refractivity contribution in [3.05, 3.63) is 18.5 Å². The lowest BCUT2D eigenvalue weighted by molar-refractivity contribution is -0.141. The summed E-state index contributed by atoms with van der Waals surface area (Å²) in [5.41, 5.74) is 0. The lowest BCUT2D eigenvalue weighted by Gasteiger charge is -2.21. The van der Waals surface area contributed by atoms with E-state index in [0.717, 1.165) is 19.5 Å². The zero-order valence-corrected chi connectivity index (χ0v) is 10.8. The Morgan fingerprint density at radius 2 is 2.35 bits per heavy atom. The second-order valence-corrected chi connectivity index (χ2v) is 3.98. The largest absolute Gasteiger partial charge is 0.369 e. The predicted octanol–water partition coefficient (Wildman–Crippen LogP) is 1.16. The first-order chi connectivity index (χ1) is 8.15. The molecule has 1 rings (SSSR count). The van der Waals surface area contributed by atoms with Gasteiger partial charge >= 0.3 is 0 Å². The Kier molecular flexibility index (Phi) is 5.69. The van der Waals surface area contributed by atoms with Crippen molar-refractivity contribution >= 4 is 5.91 Å². The van der Waals surface area contributed by atoms with Crippen molar-refractivity contribution in [3.8, 4) is 0 Å². The van der Waals surface area contributed by atoms with Gasteiger partial charge in [0.15, 0.2) is 0 Å². The minimum Gasteiger partial charge on any atom is -0.369 e. The maximum Gasteiger partial charge on any atom is 0.251 e. The van der Waals surface area contributed by atoms with Gasteiger partial charge in [0.2, 0.25) is 0 Å². The van der Waals surface area contributed by atoms with Crippen molar-refractivity contribution in [2.75, 3.05) is 20.2 Å². The lowest BCUT2D eigenvalue weighted by Crippen LogP contribution is -2.37. The van der Waals surface area contributed by atoms with Crippen molar-refractivity contribution in [1.29, 1.82) is 0 Å². The van der Waals surface area contributed by atoms with E-state index >= 15 is 0 Å². The number of likely N-dealkylation sites (N-methyl/N-ethyl adjacent to an activating group) is 1. The fraction of sp³-hybridized carbons (Fsp3) is 0.667. The van der Waals surface area contributed by atoms with Crippen LogP contribution >= 0.6 is 0 Å². The number of nitrogens with zero attached hydrogens (tertiary/aromatic N) is 3. The SMILES string of the molecule is CCO[C@@H](C)C(=O)N(C)CCCn1cccn1. The van der Waals surface area contributed by atoms with E-state index < -0.39 is 0 Å². The van der Waals surface area contributed by atoms with Gasteiger partial charge in [-0.15, -0.1) is 0 Å². The van der Waals surface area contributed by atoms with Crippen LogP contribution in [-0.4, -0.2) is 46.9 Å². The molecule has 0 aliphatic rings. The van der Waals surface area contributed by atoms with Crippen molar-refractivity contribution in [3.63, 3.8) is 0 Å². The summed E-state index contributed by atoms with van der Waals surface area (Å²) in [6.45, 7) is 5.79. The molecule has 0 saturated heterocycles. The predicted molar refractivity (Wildman–Crippen MR) is 65.6 cm³/mol. The zero-order valence-electron chi connectivity index (χ0n) is 10.8. The molecule has 96 valence electrons. The Morgan fingerprint density at radius 1 is 1.59 bits per heavy atom. The smallest absolute Gasteiger partial charge is 0.251 e. The Labute approximate surface area is 102 Å². The number of hydrogen-bond acceptors (Lipinski definition) is 3. The van der Waals surface area contributed by atoms with E-state index in [4.69, 9.17) is 4.74 Å². The molecule has 0 aliphatic heterocycles. The average molecular weight is 239 g/mol. The van der Waals surface area contributed by atoms with Gasteiger partial charge < -0.3 is 9.64 Å². The summed E-state index contributed by atoms with van der Waals surface area (Å²) < 4.78 is 7.13. The number of rotatable bonds is 7. The average Bonchev–Trinajstić information content (AvgIpc) is 2.81. The van der Waals surface area contributed by atoms with E-state index in [9.17, 15) is 4.79 Å². The van der Waals surface area contributed by atoms with Crippen LogP contribution in [0.25, 0.3) is 0 Å². The highest BCUT2D eigenvalue weighted by Crippen LogP contribution is 1.99. The number of carbonyl (C=O) groups is 1. The van der Waals surface area contributed by atoms with Crippen LogP contribution in [-0.2, 0) is 16.1 Å². The maximum atomic E-state index is 11.8. The molecule has 0 aliphatic carbocycles. The van der Waals surface area contributed by atoms with Crippen LogP contribution in [0.15, 0.2) is 18.5 Å². The molecule has 0 N–H and O–H groups in total. The van der Waals surface area contributed by atoms with E-state index in [2.05, 4.69) is 5.10 Å². The van der Waals surface area contributed by atoms with E-state index in [1.807, 2.05) is 23.9 Å². The highest BCUT2D eigenvalue weighted by Gasteiger charge is 2.16. The number of aromatic nitrogens is 2. The summed E-state index contributed by atoms with van der Waals surface area (Å²) in [7, 11) is 1.81. The van der Waals surface area contributed by atoms with Gasteiger partial charge in [0.05, 0.1) is 0 Å². The summed E-state index contributed by atoms with van der Waals surface area (Å²) in [4.78, 5) is 13.5. The highest BCUT2D eigenvalue weighted by molar-refractivity contribution is 5.80. The third kappa shape index (κ3) is 4.56. The minimum absolute atomic E-state index is 0.0346. The summed E-state index contributed by atoms with van der Waals surface area (Å²) in [6, 6.07) is 1.89. The summed E-state index contributed by atoms with van der Waals surface area (Å²) >= 11 is 0. The van der Waals surface area contributed by atoms with Crippen molar-refractivity contribution in [2.45, 2.75) is 32.9 Å². The monoisotopic (exact) mass is 239 g/mol. The van der Waals surface area contributed by atoms with Crippen molar-refractivity contribution in [2.24, 2.45) is 0 Å². The summed E-state index contributed by atoms with van der Waals surface area (Å²) in [5.74, 6) is 0.0346. The first-order valence-electron chi connectivity index (χ1n) is 5.99. The van der Waals surface area contributed by atoms with Crippen LogP contribution in [0.1, 0.15) is 20.3 Å². The van der Waals surface area contributed by atoms with E-state index in [-0.39, 0.29) is 12.0 Å². The standard InChI is InChI=1S/C12H21N3O2/c1-4-17-11(2)12(16)14(3)8-6-10-15-9-5-7-13-15/h5,7,9,11H,4,6,8,10H2,1-3H3/t11-/m0/s1. The molecule has 0 unspecified atom stereocenters. The van der Waals surface area contributed by atoms with Gasteiger partial charge in [0.25, 0.3) is 5.91 Å². The molecule has 0 aromatic carbocycles. The van der Waals surface area contributed by atoms with Gasteiger partial charge in [-0.1, -0.05) is 0 Å². The molecule has 1 atom stereocenters. The van der Waals surface area contributed by atoms with E-state index in [1.54, 1.807) is 25.1 Å². The fourth-order valence-electron chi connectivity index (χ4n) is 1.64. The molecule has 1 amide bonds. The third-order valence-electron chi connectivity index (χ3n) is 2.58. The molecule has 0 saturated carbocycles. The first kappa shape index (κ1) is 13.7. The second kappa shape index (κ2) is 7.06. The van der Waals surface area contributed by atoms with Crippen molar-refractivity contribution < 1.29 is 9.53 Å². The van der Waals surface area contributed by atoms with Gasteiger partial charge in [0, 0.05) is 39.1 Å². The van der Waals surface area contributed by atoms with Crippen LogP contribution in [0.2, 0.25) is 0 Å². The molecule has 1 heterocycles. The van der Waals surface area contributed by atoms with Gasteiger partial charge in [-0.3, -0.25) is 9.48 Å². The molecule has 17 heavy (non-hydrogen) atoms. The Balaban J connectivity index is 2.24. The fourth-order valence-corrected chi connectivity index (χ4v) is 1.64. The van der Waals surface area contributed by atoms with Gasteiger partial charge in [-0.2, -0.15) is 5.10 Å². The van der Waals surface area contributed by atoms with Gasteiger partial charge in [-0.25, -0.2) is 0 Å². The molecule has 5 nitrogen and oxygen atoms in total. The molecular weight excluding hydrogens is 218 g/mol. The lowest BCUT2D eigenvalue weighted by atomic mass is 10.3. The number of carbonyl (C=O) groups excluding carboxylic acids is 1. The van der Waals surface area contributed by atoms with Crippen molar-refractivity contribution in [1.82, 2.24) is 14.7 Å². The number of aryl methyl sites for hydroxylation is 1. The molecule has 0 fully saturated rings. The number of hydrogen-bond donors (Lipinski definition) is 0. The van der Waals surface area contributed by atoms with Crippen LogP contribution in [0, 0.1) is 0 Å². The number of amides is 1. The Hall–Kier alpha value is -1.36. The molecule has 0 bridgehead atoms. The molecule has 0 spiro atoms.